The van der Waals surface area contributed by atoms with Gasteiger partial charge in [-0.05, 0) is 45.4 Å². The van der Waals surface area contributed by atoms with Gasteiger partial charge in [-0.3, -0.25) is 4.79 Å². The van der Waals surface area contributed by atoms with Crippen LogP contribution in [-0.4, -0.2) is 18.4 Å². The highest BCUT2D eigenvalue weighted by atomic mass is 19.1. The molecule has 0 saturated carbocycles. The number of hydrogen-bond acceptors (Lipinski definition) is 2. The summed E-state index contributed by atoms with van der Waals surface area (Å²) in [7, 11) is 0. The van der Waals surface area contributed by atoms with Crippen molar-refractivity contribution in [1.82, 2.24) is 0 Å². The number of benzene rings is 1. The summed E-state index contributed by atoms with van der Waals surface area (Å²) < 4.78 is 13.2. The molecule has 0 N–H and O–H groups in total. The smallest absolute Gasteiger partial charge is 0.161 e. The van der Waals surface area contributed by atoms with E-state index < -0.39 is 0 Å². The van der Waals surface area contributed by atoms with Gasteiger partial charge in [0, 0.05) is 23.8 Å². The van der Waals surface area contributed by atoms with Crippen molar-refractivity contribution in [2.75, 3.05) is 11.4 Å². The Kier molecular flexibility index (Phi) is 4.67. The number of ketones is 1. The zero-order valence-corrected chi connectivity index (χ0v) is 11.0. The van der Waals surface area contributed by atoms with Crippen molar-refractivity contribution in [3.05, 3.63) is 29.6 Å². The van der Waals surface area contributed by atoms with Crippen molar-refractivity contribution in [2.24, 2.45) is 0 Å². The highest BCUT2D eigenvalue weighted by molar-refractivity contribution is 5.99. The maximum atomic E-state index is 13.2. The standard InChI is InChI=1S/C14H20FNO/c1-5-8-16(10(2)3)14-7-6-12(15)9-13(14)11(4)17/h6-7,9-10H,5,8H2,1-4H3. The van der Waals surface area contributed by atoms with Crippen LogP contribution in [0.2, 0.25) is 0 Å². The lowest BCUT2D eigenvalue weighted by Gasteiger charge is -2.30. The van der Waals surface area contributed by atoms with Crippen LogP contribution in [0.3, 0.4) is 0 Å². The molecule has 1 rings (SSSR count). The van der Waals surface area contributed by atoms with E-state index >= 15 is 0 Å². The largest absolute Gasteiger partial charge is 0.369 e. The minimum atomic E-state index is -0.362. The molecular weight excluding hydrogens is 217 g/mol. The van der Waals surface area contributed by atoms with E-state index in [1.807, 2.05) is 0 Å². The van der Waals surface area contributed by atoms with Crippen LogP contribution in [0.4, 0.5) is 10.1 Å². The lowest BCUT2D eigenvalue weighted by atomic mass is 10.1. The van der Waals surface area contributed by atoms with Crippen LogP contribution in [-0.2, 0) is 0 Å². The van der Waals surface area contributed by atoms with Gasteiger partial charge < -0.3 is 4.90 Å². The third-order valence-electron chi connectivity index (χ3n) is 2.74. The van der Waals surface area contributed by atoms with Crippen molar-refractivity contribution in [1.29, 1.82) is 0 Å². The Hall–Kier alpha value is -1.38. The van der Waals surface area contributed by atoms with Crippen molar-refractivity contribution in [3.63, 3.8) is 0 Å². The molecule has 0 saturated heterocycles. The molecule has 0 aliphatic heterocycles. The first-order chi connectivity index (χ1) is 7.97. The summed E-state index contributed by atoms with van der Waals surface area (Å²) >= 11 is 0. The molecule has 0 aliphatic carbocycles. The molecule has 1 aromatic rings. The second-order valence-corrected chi connectivity index (χ2v) is 4.50. The van der Waals surface area contributed by atoms with Crippen LogP contribution >= 0.6 is 0 Å². The lowest BCUT2D eigenvalue weighted by Crippen LogP contribution is -2.32. The fourth-order valence-corrected chi connectivity index (χ4v) is 1.94. The van der Waals surface area contributed by atoms with Gasteiger partial charge in [0.2, 0.25) is 0 Å². The first-order valence-corrected chi connectivity index (χ1v) is 6.04. The molecule has 2 nitrogen and oxygen atoms in total. The highest BCUT2D eigenvalue weighted by Crippen LogP contribution is 2.24. The molecule has 1 aromatic carbocycles. The lowest BCUT2D eigenvalue weighted by molar-refractivity contribution is 0.101. The molecule has 0 radical (unpaired) electrons. The number of nitrogens with zero attached hydrogens (tertiary/aromatic N) is 1. The summed E-state index contributed by atoms with van der Waals surface area (Å²) in [5, 5.41) is 0. The van der Waals surface area contributed by atoms with E-state index in [0.29, 0.717) is 11.6 Å². The zero-order valence-electron chi connectivity index (χ0n) is 11.0. The van der Waals surface area contributed by atoms with Gasteiger partial charge >= 0.3 is 0 Å². The number of anilines is 1. The predicted molar refractivity (Wildman–Crippen MR) is 69.2 cm³/mol. The number of halogens is 1. The quantitative estimate of drug-likeness (QED) is 0.728. The van der Waals surface area contributed by atoms with E-state index in [-0.39, 0.29) is 11.6 Å². The Morgan fingerprint density at radius 1 is 1.41 bits per heavy atom. The van der Waals surface area contributed by atoms with Crippen LogP contribution in [0.1, 0.15) is 44.5 Å². The zero-order chi connectivity index (χ0) is 13.0. The second-order valence-electron chi connectivity index (χ2n) is 4.50. The fourth-order valence-electron chi connectivity index (χ4n) is 1.94. The van der Waals surface area contributed by atoms with Gasteiger partial charge in [-0.2, -0.15) is 0 Å². The molecule has 3 heteroatoms. The monoisotopic (exact) mass is 237 g/mol. The van der Waals surface area contributed by atoms with E-state index in [1.165, 1.54) is 19.1 Å². The van der Waals surface area contributed by atoms with E-state index in [0.717, 1.165) is 18.7 Å². The summed E-state index contributed by atoms with van der Waals surface area (Å²) in [4.78, 5) is 13.7. The first-order valence-electron chi connectivity index (χ1n) is 6.04. The van der Waals surface area contributed by atoms with Gasteiger partial charge in [0.25, 0.3) is 0 Å². The molecule has 94 valence electrons. The second kappa shape index (κ2) is 5.80. The molecule has 0 atom stereocenters. The minimum absolute atomic E-state index is 0.0961. The predicted octanol–water partition coefficient (Wildman–Crippen LogP) is 3.65. The van der Waals surface area contributed by atoms with E-state index in [2.05, 4.69) is 25.7 Å². The van der Waals surface area contributed by atoms with Gasteiger partial charge in [-0.25, -0.2) is 4.39 Å². The van der Waals surface area contributed by atoms with Crippen LogP contribution in [0.5, 0.6) is 0 Å². The van der Waals surface area contributed by atoms with Gasteiger partial charge in [0.15, 0.2) is 5.78 Å². The van der Waals surface area contributed by atoms with Crippen molar-refractivity contribution < 1.29 is 9.18 Å². The third kappa shape index (κ3) is 3.29. The van der Waals surface area contributed by atoms with E-state index in [9.17, 15) is 9.18 Å². The topological polar surface area (TPSA) is 20.3 Å². The van der Waals surface area contributed by atoms with Crippen molar-refractivity contribution >= 4 is 11.5 Å². The molecule has 0 amide bonds. The number of Topliss-reactive ketones (excluding diaryl/α,β-unsaturated/α-hetero) is 1. The molecule has 0 spiro atoms. The average molecular weight is 237 g/mol. The molecule has 0 fully saturated rings. The van der Waals surface area contributed by atoms with E-state index in [4.69, 9.17) is 0 Å². The molecule has 0 unspecified atom stereocenters. The number of hydrogen-bond donors (Lipinski definition) is 0. The number of carbonyl (C=O) groups excluding carboxylic acids is 1. The molecule has 0 aromatic heterocycles. The Morgan fingerprint density at radius 2 is 2.06 bits per heavy atom. The Bertz CT molecular complexity index is 401. The van der Waals surface area contributed by atoms with Crippen LogP contribution in [0.15, 0.2) is 18.2 Å². The third-order valence-corrected chi connectivity index (χ3v) is 2.74. The van der Waals surface area contributed by atoms with Crippen LogP contribution in [0.25, 0.3) is 0 Å². The maximum absolute atomic E-state index is 13.2. The van der Waals surface area contributed by atoms with Crippen LogP contribution in [0, 0.1) is 5.82 Å². The Morgan fingerprint density at radius 3 is 2.53 bits per heavy atom. The highest BCUT2D eigenvalue weighted by Gasteiger charge is 2.16. The van der Waals surface area contributed by atoms with Gasteiger partial charge in [-0.1, -0.05) is 6.92 Å². The van der Waals surface area contributed by atoms with Crippen molar-refractivity contribution in [3.8, 4) is 0 Å². The summed E-state index contributed by atoms with van der Waals surface area (Å²) in [5.74, 6) is -0.458. The van der Waals surface area contributed by atoms with Gasteiger partial charge in [0.05, 0.1) is 0 Å². The summed E-state index contributed by atoms with van der Waals surface area (Å²) in [6.07, 6.45) is 0.993. The summed E-state index contributed by atoms with van der Waals surface area (Å²) in [6, 6.07) is 4.72. The first kappa shape index (κ1) is 13.7. The van der Waals surface area contributed by atoms with Gasteiger partial charge in [-0.15, -0.1) is 0 Å². The molecule has 17 heavy (non-hydrogen) atoms. The average Bonchev–Trinajstić information content (AvgIpc) is 2.26. The Labute approximate surface area is 102 Å². The number of carbonyl (C=O) groups is 1. The van der Waals surface area contributed by atoms with Crippen molar-refractivity contribution in [2.45, 2.75) is 40.2 Å². The van der Waals surface area contributed by atoms with Crippen LogP contribution < -0.4 is 4.90 Å². The van der Waals surface area contributed by atoms with Gasteiger partial charge in [0.1, 0.15) is 5.82 Å². The fraction of sp³-hybridized carbons (Fsp3) is 0.500. The SMILES string of the molecule is CCCN(c1ccc(F)cc1C(C)=O)C(C)C. The molecule has 0 heterocycles. The molecular formula is C14H20FNO. The maximum Gasteiger partial charge on any atom is 0.161 e. The normalized spacial score (nSPS) is 10.7. The van der Waals surface area contributed by atoms with E-state index in [1.54, 1.807) is 6.07 Å². The number of rotatable bonds is 5. The molecule has 0 aliphatic rings. The Balaban J connectivity index is 3.22. The minimum Gasteiger partial charge on any atom is -0.369 e. The summed E-state index contributed by atoms with van der Waals surface area (Å²) in [5.41, 5.74) is 1.29. The molecule has 0 bridgehead atoms. The summed E-state index contributed by atoms with van der Waals surface area (Å²) in [6.45, 7) is 8.57.